The van der Waals surface area contributed by atoms with Gasteiger partial charge in [0, 0.05) is 0 Å². The Morgan fingerprint density at radius 2 is 1.96 bits per heavy atom. The van der Waals surface area contributed by atoms with Crippen LogP contribution in [-0.2, 0) is 9.59 Å². The first-order chi connectivity index (χ1) is 12.7. The highest BCUT2D eigenvalue weighted by atomic mass is 35.5. The molecule has 1 heterocycles. The van der Waals surface area contributed by atoms with Crippen LogP contribution in [0.2, 0.25) is 10.0 Å². The number of nitrogens with zero attached hydrogens (tertiary/aromatic N) is 1. The fourth-order valence-corrected chi connectivity index (χ4v) is 4.02. The summed E-state index contributed by atoms with van der Waals surface area (Å²) in [6.07, 6.45) is 3.02. The molecule has 2 N–H and O–H groups in total. The first kappa shape index (κ1) is 20.0. The maximum absolute atomic E-state index is 12.8. The van der Waals surface area contributed by atoms with E-state index in [4.69, 9.17) is 23.2 Å². The Morgan fingerprint density at radius 1 is 1.30 bits per heavy atom. The monoisotopic (exact) mass is 411 g/mol. The van der Waals surface area contributed by atoms with Crippen molar-refractivity contribution in [1.82, 2.24) is 15.5 Å². The first-order valence-corrected chi connectivity index (χ1v) is 9.86. The predicted molar refractivity (Wildman–Crippen MR) is 104 cm³/mol. The van der Waals surface area contributed by atoms with E-state index in [0.717, 1.165) is 23.3 Å². The molecule has 0 aromatic heterocycles. The van der Waals surface area contributed by atoms with Crippen LogP contribution in [0.3, 0.4) is 0 Å². The van der Waals surface area contributed by atoms with Gasteiger partial charge in [-0.3, -0.25) is 14.5 Å². The van der Waals surface area contributed by atoms with Gasteiger partial charge in [0.15, 0.2) is 0 Å². The minimum Gasteiger partial charge on any atom is -0.348 e. The molecule has 3 rings (SSSR count). The molecule has 1 saturated heterocycles. The van der Waals surface area contributed by atoms with E-state index < -0.39 is 17.5 Å². The van der Waals surface area contributed by atoms with Gasteiger partial charge in [0.05, 0.1) is 16.1 Å². The van der Waals surface area contributed by atoms with Crippen molar-refractivity contribution < 1.29 is 14.4 Å². The number of hydrogen-bond donors (Lipinski definition) is 2. The highest BCUT2D eigenvalue weighted by molar-refractivity contribution is 6.42. The molecule has 2 aliphatic rings. The van der Waals surface area contributed by atoms with Crippen LogP contribution in [0.25, 0.3) is 0 Å². The fourth-order valence-electron chi connectivity index (χ4n) is 3.71. The van der Waals surface area contributed by atoms with Crippen molar-refractivity contribution in [3.05, 3.63) is 33.8 Å². The molecule has 1 saturated carbocycles. The molecular formula is C19H23Cl2N3O3. The van der Waals surface area contributed by atoms with Crippen LogP contribution >= 0.6 is 23.2 Å². The number of nitrogens with one attached hydrogen (secondary N) is 2. The number of carbonyl (C=O) groups is 3. The van der Waals surface area contributed by atoms with Gasteiger partial charge in [-0.25, -0.2) is 4.79 Å². The summed E-state index contributed by atoms with van der Waals surface area (Å²) < 4.78 is 0. The number of urea groups is 1. The molecule has 2 fully saturated rings. The number of halogens is 2. The van der Waals surface area contributed by atoms with Crippen LogP contribution in [0.5, 0.6) is 0 Å². The van der Waals surface area contributed by atoms with Gasteiger partial charge in [-0.15, -0.1) is 0 Å². The quantitative estimate of drug-likeness (QED) is 0.741. The van der Waals surface area contributed by atoms with Crippen molar-refractivity contribution in [1.29, 1.82) is 0 Å². The summed E-state index contributed by atoms with van der Waals surface area (Å²) in [7, 11) is 0. The second-order valence-corrected chi connectivity index (χ2v) is 8.36. The molecule has 1 spiro atoms. The Morgan fingerprint density at radius 3 is 2.59 bits per heavy atom. The zero-order valence-corrected chi connectivity index (χ0v) is 16.9. The van der Waals surface area contributed by atoms with Gasteiger partial charge in [0.2, 0.25) is 5.91 Å². The second kappa shape index (κ2) is 7.68. The van der Waals surface area contributed by atoms with Crippen molar-refractivity contribution in [3.63, 3.8) is 0 Å². The third-order valence-corrected chi connectivity index (χ3v) is 6.24. The van der Waals surface area contributed by atoms with Gasteiger partial charge >= 0.3 is 6.03 Å². The molecule has 0 unspecified atom stereocenters. The third kappa shape index (κ3) is 4.06. The van der Waals surface area contributed by atoms with Crippen molar-refractivity contribution >= 4 is 41.0 Å². The molecule has 146 valence electrons. The highest BCUT2D eigenvalue weighted by Gasteiger charge is 2.52. The zero-order chi connectivity index (χ0) is 19.8. The van der Waals surface area contributed by atoms with Gasteiger partial charge in [-0.2, -0.15) is 0 Å². The SMILES string of the molecule is CC1CCC2(CC1)NC(=O)N(CC(=O)N[C@@H](C)c1ccc(Cl)c(Cl)c1)C2=O. The minimum absolute atomic E-state index is 0.295. The molecule has 8 heteroatoms. The summed E-state index contributed by atoms with van der Waals surface area (Å²) in [6.45, 7) is 3.64. The number of amides is 4. The standard InChI is InChI=1S/C19H23Cl2N3O3/c1-11-5-7-19(8-6-11)17(26)24(18(27)23-19)10-16(25)22-12(2)13-3-4-14(20)15(21)9-13/h3-4,9,11-12H,5-8,10H2,1-2H3,(H,22,25)(H,23,27)/t11?,12-,19?/m0/s1. The van der Waals surface area contributed by atoms with Crippen molar-refractivity contribution in [2.24, 2.45) is 5.92 Å². The van der Waals surface area contributed by atoms with Gasteiger partial charge in [0.25, 0.3) is 5.91 Å². The summed E-state index contributed by atoms with van der Waals surface area (Å²) in [5, 5.41) is 6.45. The first-order valence-electron chi connectivity index (χ1n) is 9.10. The molecular weight excluding hydrogens is 389 g/mol. The lowest BCUT2D eigenvalue weighted by atomic mass is 9.77. The Hall–Kier alpha value is -1.79. The average Bonchev–Trinajstić information content (AvgIpc) is 2.84. The Bertz CT molecular complexity index is 775. The topological polar surface area (TPSA) is 78.5 Å². The molecule has 1 atom stereocenters. The van der Waals surface area contributed by atoms with Gasteiger partial charge in [0.1, 0.15) is 12.1 Å². The lowest BCUT2D eigenvalue weighted by Gasteiger charge is -2.33. The van der Waals surface area contributed by atoms with E-state index in [0.29, 0.717) is 28.8 Å². The molecule has 1 aliphatic carbocycles. The van der Waals surface area contributed by atoms with E-state index in [-0.39, 0.29) is 18.5 Å². The summed E-state index contributed by atoms with van der Waals surface area (Å²) in [6, 6.07) is 4.28. The van der Waals surface area contributed by atoms with E-state index in [2.05, 4.69) is 17.6 Å². The number of carbonyl (C=O) groups excluding carboxylic acids is 3. The second-order valence-electron chi connectivity index (χ2n) is 7.55. The maximum atomic E-state index is 12.8. The molecule has 1 aromatic rings. The molecule has 1 aromatic carbocycles. The van der Waals surface area contributed by atoms with Crippen LogP contribution < -0.4 is 10.6 Å². The maximum Gasteiger partial charge on any atom is 0.325 e. The lowest BCUT2D eigenvalue weighted by molar-refractivity contribution is -0.136. The molecule has 1 aliphatic heterocycles. The van der Waals surface area contributed by atoms with Crippen LogP contribution in [0.4, 0.5) is 4.79 Å². The van der Waals surface area contributed by atoms with E-state index in [1.54, 1.807) is 25.1 Å². The molecule has 0 radical (unpaired) electrons. The Balaban J connectivity index is 1.62. The van der Waals surface area contributed by atoms with E-state index in [9.17, 15) is 14.4 Å². The van der Waals surface area contributed by atoms with Gasteiger partial charge in [-0.05, 0) is 56.2 Å². The predicted octanol–water partition coefficient (Wildman–Crippen LogP) is 3.67. The summed E-state index contributed by atoms with van der Waals surface area (Å²) in [5.41, 5.74) is -0.0492. The number of rotatable bonds is 4. The van der Waals surface area contributed by atoms with E-state index in [1.165, 1.54) is 0 Å². The summed E-state index contributed by atoms with van der Waals surface area (Å²) in [5.74, 6) is -0.153. The van der Waals surface area contributed by atoms with Crippen molar-refractivity contribution in [2.45, 2.75) is 51.1 Å². The van der Waals surface area contributed by atoms with E-state index in [1.807, 2.05) is 0 Å². The van der Waals surface area contributed by atoms with Gasteiger partial charge < -0.3 is 10.6 Å². The average molecular weight is 412 g/mol. The van der Waals surface area contributed by atoms with Crippen molar-refractivity contribution in [2.75, 3.05) is 6.54 Å². The number of imide groups is 1. The summed E-state index contributed by atoms with van der Waals surface area (Å²) >= 11 is 11.9. The van der Waals surface area contributed by atoms with Gasteiger partial charge in [-0.1, -0.05) is 36.2 Å². The normalized spacial score (nSPS) is 26.2. The molecule has 6 nitrogen and oxygen atoms in total. The number of benzene rings is 1. The van der Waals surface area contributed by atoms with Crippen LogP contribution in [0.15, 0.2) is 18.2 Å². The minimum atomic E-state index is -0.834. The van der Waals surface area contributed by atoms with Crippen LogP contribution in [0, 0.1) is 5.92 Å². The Labute approximate surface area is 168 Å². The molecule has 27 heavy (non-hydrogen) atoms. The zero-order valence-electron chi connectivity index (χ0n) is 15.4. The van der Waals surface area contributed by atoms with Crippen molar-refractivity contribution in [3.8, 4) is 0 Å². The highest BCUT2D eigenvalue weighted by Crippen LogP contribution is 2.36. The fraction of sp³-hybridized carbons (Fsp3) is 0.526. The van der Waals surface area contributed by atoms with E-state index >= 15 is 0 Å². The van der Waals surface area contributed by atoms with Crippen LogP contribution in [-0.4, -0.2) is 34.8 Å². The smallest absolute Gasteiger partial charge is 0.325 e. The molecule has 4 amide bonds. The van der Waals surface area contributed by atoms with Crippen LogP contribution in [0.1, 0.15) is 51.1 Å². The third-order valence-electron chi connectivity index (χ3n) is 5.50. The number of hydrogen-bond acceptors (Lipinski definition) is 3. The summed E-state index contributed by atoms with van der Waals surface area (Å²) in [4.78, 5) is 38.5. The Kier molecular flexibility index (Phi) is 5.68. The largest absolute Gasteiger partial charge is 0.348 e. The lowest BCUT2D eigenvalue weighted by Crippen LogP contribution is -2.50. The molecule has 0 bridgehead atoms.